The molecule has 0 bridgehead atoms. The Morgan fingerprint density at radius 3 is 2.46 bits per heavy atom. The lowest BCUT2D eigenvalue weighted by atomic mass is 10.1. The number of hydrogen-bond donors (Lipinski definition) is 2. The van der Waals surface area contributed by atoms with Gasteiger partial charge in [0.1, 0.15) is 0 Å². The van der Waals surface area contributed by atoms with E-state index in [4.69, 9.17) is 4.74 Å². The fraction of sp³-hybridized carbons (Fsp3) is 0.938. The maximum absolute atomic E-state index is 11.7. The van der Waals surface area contributed by atoms with Crippen LogP contribution in [0.15, 0.2) is 4.99 Å². The van der Waals surface area contributed by atoms with E-state index < -0.39 is 10.0 Å². The lowest BCUT2D eigenvalue weighted by molar-refractivity contribution is 0.0468. The fourth-order valence-corrected chi connectivity index (χ4v) is 4.79. The molecule has 0 aromatic carbocycles. The van der Waals surface area contributed by atoms with Gasteiger partial charge in [0, 0.05) is 33.2 Å². The van der Waals surface area contributed by atoms with E-state index in [2.05, 4.69) is 15.6 Å². The van der Waals surface area contributed by atoms with E-state index in [1.807, 2.05) is 0 Å². The summed E-state index contributed by atoms with van der Waals surface area (Å²) >= 11 is 0. The third-order valence-corrected chi connectivity index (χ3v) is 6.59. The van der Waals surface area contributed by atoms with Gasteiger partial charge in [-0.2, -0.15) is 0 Å². The zero-order valence-corrected chi connectivity index (χ0v) is 15.6. The highest BCUT2D eigenvalue weighted by Crippen LogP contribution is 2.19. The summed E-state index contributed by atoms with van der Waals surface area (Å²) in [5.41, 5.74) is 0. The van der Waals surface area contributed by atoms with Crippen molar-refractivity contribution < 1.29 is 13.2 Å². The Morgan fingerprint density at radius 1 is 1.12 bits per heavy atom. The van der Waals surface area contributed by atoms with Gasteiger partial charge in [-0.15, -0.1) is 0 Å². The van der Waals surface area contributed by atoms with E-state index in [0.29, 0.717) is 44.8 Å². The van der Waals surface area contributed by atoms with E-state index in [1.54, 1.807) is 11.4 Å². The molecule has 8 heteroatoms. The number of ether oxygens (including phenoxy) is 1. The molecule has 7 nitrogen and oxygen atoms in total. The average molecular weight is 361 g/mol. The number of guanidine groups is 1. The first-order valence-corrected chi connectivity index (χ1v) is 10.8. The number of sulfonamides is 1. The first-order valence-electron chi connectivity index (χ1n) is 9.16. The summed E-state index contributed by atoms with van der Waals surface area (Å²) in [6.45, 7) is 3.05. The molecule has 1 aliphatic carbocycles. The molecule has 0 spiro atoms. The van der Waals surface area contributed by atoms with E-state index in [1.165, 1.54) is 38.5 Å². The number of rotatable bonds is 7. The summed E-state index contributed by atoms with van der Waals surface area (Å²) in [7, 11) is -1.30. The zero-order chi connectivity index (χ0) is 17.3. The van der Waals surface area contributed by atoms with Crippen LogP contribution in [0.5, 0.6) is 0 Å². The fourth-order valence-electron chi connectivity index (χ4n) is 3.27. The number of aliphatic imine (C=N–C) groups is 1. The van der Waals surface area contributed by atoms with E-state index in [-0.39, 0.29) is 5.75 Å². The van der Waals surface area contributed by atoms with Gasteiger partial charge in [0.25, 0.3) is 0 Å². The minimum atomic E-state index is -3.02. The second-order valence-electron chi connectivity index (χ2n) is 6.48. The highest BCUT2D eigenvalue weighted by Gasteiger charge is 2.27. The Bertz CT molecular complexity index is 488. The normalized spacial score (nSPS) is 23.1. The SMILES string of the molecule is CN=C(NCCOC1CCCCCC1)NCCN1CCCS1(=O)=O. The monoisotopic (exact) mass is 360 g/mol. The van der Waals surface area contributed by atoms with Crippen LogP contribution < -0.4 is 10.6 Å². The summed E-state index contributed by atoms with van der Waals surface area (Å²) < 4.78 is 30.9. The summed E-state index contributed by atoms with van der Waals surface area (Å²) in [5.74, 6) is 0.967. The molecule has 0 radical (unpaired) electrons. The van der Waals surface area contributed by atoms with Gasteiger partial charge in [-0.25, -0.2) is 12.7 Å². The van der Waals surface area contributed by atoms with Crippen molar-refractivity contribution in [3.63, 3.8) is 0 Å². The highest BCUT2D eigenvalue weighted by molar-refractivity contribution is 7.89. The molecule has 0 amide bonds. The standard InChI is InChI=1S/C16H32N4O3S/c1-17-16(18-9-12-20-11-6-14-24(20,21)22)19-10-13-23-15-7-4-2-3-5-8-15/h15H,2-14H2,1H3,(H2,17,18,19). The quantitative estimate of drug-likeness (QED) is 0.305. The van der Waals surface area contributed by atoms with Crippen LogP contribution in [-0.2, 0) is 14.8 Å². The van der Waals surface area contributed by atoms with Crippen LogP contribution in [-0.4, -0.2) is 70.4 Å². The molecule has 0 unspecified atom stereocenters. The second kappa shape index (κ2) is 10.2. The molecule has 2 N–H and O–H groups in total. The van der Waals surface area contributed by atoms with Crippen molar-refractivity contribution in [1.82, 2.24) is 14.9 Å². The van der Waals surface area contributed by atoms with Gasteiger partial charge in [0.2, 0.25) is 10.0 Å². The zero-order valence-electron chi connectivity index (χ0n) is 14.8. The Balaban J connectivity index is 1.57. The van der Waals surface area contributed by atoms with Crippen LogP contribution in [0.25, 0.3) is 0 Å². The van der Waals surface area contributed by atoms with Gasteiger partial charge < -0.3 is 15.4 Å². The molecule has 0 aromatic rings. The van der Waals surface area contributed by atoms with Gasteiger partial charge in [-0.1, -0.05) is 25.7 Å². The first-order chi connectivity index (χ1) is 11.6. The van der Waals surface area contributed by atoms with E-state index in [0.717, 1.165) is 6.42 Å². The summed E-state index contributed by atoms with van der Waals surface area (Å²) in [4.78, 5) is 4.16. The Labute approximate surface area is 146 Å². The largest absolute Gasteiger partial charge is 0.376 e. The van der Waals surface area contributed by atoms with Crippen LogP contribution in [0, 0.1) is 0 Å². The van der Waals surface area contributed by atoms with Crippen LogP contribution >= 0.6 is 0 Å². The molecule has 2 rings (SSSR count). The maximum atomic E-state index is 11.7. The first kappa shape index (κ1) is 19.5. The van der Waals surface area contributed by atoms with Crippen molar-refractivity contribution in [1.29, 1.82) is 0 Å². The van der Waals surface area contributed by atoms with E-state index >= 15 is 0 Å². The highest BCUT2D eigenvalue weighted by atomic mass is 32.2. The maximum Gasteiger partial charge on any atom is 0.214 e. The van der Waals surface area contributed by atoms with Crippen LogP contribution in [0.3, 0.4) is 0 Å². The summed E-state index contributed by atoms with van der Waals surface area (Å²) in [6, 6.07) is 0. The van der Waals surface area contributed by atoms with Gasteiger partial charge >= 0.3 is 0 Å². The summed E-state index contributed by atoms with van der Waals surface area (Å²) in [6.07, 6.45) is 8.72. The topological polar surface area (TPSA) is 83.0 Å². The van der Waals surface area contributed by atoms with Gasteiger partial charge in [0.05, 0.1) is 18.5 Å². The molecule has 0 aromatic heterocycles. The minimum absolute atomic E-state index is 0.276. The van der Waals surface area contributed by atoms with Crippen LogP contribution in [0.4, 0.5) is 0 Å². The Hall–Kier alpha value is -0.860. The van der Waals surface area contributed by atoms with Crippen molar-refractivity contribution >= 4 is 16.0 Å². The number of nitrogens with one attached hydrogen (secondary N) is 2. The molecule has 1 aliphatic heterocycles. The van der Waals surface area contributed by atoms with Crippen molar-refractivity contribution in [3.8, 4) is 0 Å². The van der Waals surface area contributed by atoms with Crippen molar-refractivity contribution in [3.05, 3.63) is 0 Å². The minimum Gasteiger partial charge on any atom is -0.376 e. The third kappa shape index (κ3) is 6.57. The Kier molecular flexibility index (Phi) is 8.28. The number of hydrogen-bond acceptors (Lipinski definition) is 4. The van der Waals surface area contributed by atoms with Crippen molar-refractivity contribution in [2.75, 3.05) is 45.6 Å². The molecular weight excluding hydrogens is 328 g/mol. The van der Waals surface area contributed by atoms with Gasteiger partial charge in [0.15, 0.2) is 5.96 Å². The smallest absolute Gasteiger partial charge is 0.214 e. The molecule has 1 saturated carbocycles. The van der Waals surface area contributed by atoms with Crippen molar-refractivity contribution in [2.45, 2.75) is 51.0 Å². The van der Waals surface area contributed by atoms with Crippen molar-refractivity contribution in [2.24, 2.45) is 4.99 Å². The molecule has 2 aliphatic rings. The second-order valence-corrected chi connectivity index (χ2v) is 8.57. The van der Waals surface area contributed by atoms with E-state index in [9.17, 15) is 8.42 Å². The molecule has 2 fully saturated rings. The van der Waals surface area contributed by atoms with Crippen LogP contribution in [0.1, 0.15) is 44.9 Å². The molecule has 1 heterocycles. The molecule has 140 valence electrons. The molecule has 24 heavy (non-hydrogen) atoms. The summed E-state index contributed by atoms with van der Waals surface area (Å²) in [5, 5.41) is 6.38. The predicted octanol–water partition coefficient (Wildman–Crippen LogP) is 0.926. The Morgan fingerprint density at radius 2 is 1.83 bits per heavy atom. The molecule has 1 saturated heterocycles. The lowest BCUT2D eigenvalue weighted by Crippen LogP contribution is -2.43. The lowest BCUT2D eigenvalue weighted by Gasteiger charge is -2.18. The third-order valence-electron chi connectivity index (χ3n) is 4.63. The number of nitrogens with zero attached hydrogens (tertiary/aromatic N) is 2. The van der Waals surface area contributed by atoms with Crippen LogP contribution in [0.2, 0.25) is 0 Å². The van der Waals surface area contributed by atoms with Gasteiger partial charge in [-0.05, 0) is 19.3 Å². The predicted molar refractivity (Wildman–Crippen MR) is 96.8 cm³/mol. The van der Waals surface area contributed by atoms with Gasteiger partial charge in [-0.3, -0.25) is 4.99 Å². The molecule has 0 atom stereocenters. The average Bonchev–Trinajstić information content (AvgIpc) is 2.77. The molecular formula is C16H32N4O3S.